The normalized spacial score (nSPS) is 11.0. The van der Waals surface area contributed by atoms with E-state index in [0.717, 1.165) is 17.7 Å². The molecule has 0 saturated carbocycles. The van der Waals surface area contributed by atoms with Crippen LogP contribution in [0.3, 0.4) is 0 Å². The van der Waals surface area contributed by atoms with Crippen LogP contribution in [-0.4, -0.2) is 22.9 Å². The zero-order valence-corrected chi connectivity index (χ0v) is 12.8. The van der Waals surface area contributed by atoms with Crippen LogP contribution in [0.2, 0.25) is 0 Å². The summed E-state index contributed by atoms with van der Waals surface area (Å²) in [4.78, 5) is 0. The van der Waals surface area contributed by atoms with Crippen LogP contribution in [-0.2, 0) is 13.0 Å². The maximum atomic E-state index is 9.11. The minimum absolute atomic E-state index is 0.141. The van der Waals surface area contributed by atoms with Crippen molar-refractivity contribution in [2.75, 3.05) is 13.2 Å². The molecule has 0 aliphatic carbocycles. The Bertz CT molecular complexity index is 761. The average Bonchev–Trinajstić information content (AvgIpc) is 2.92. The lowest BCUT2D eigenvalue weighted by Crippen LogP contribution is -2.03. The van der Waals surface area contributed by atoms with Gasteiger partial charge in [0.15, 0.2) is 0 Å². The molecule has 114 valence electrons. The van der Waals surface area contributed by atoms with Crippen LogP contribution >= 0.6 is 0 Å². The van der Waals surface area contributed by atoms with Crippen LogP contribution in [0.1, 0.15) is 11.1 Å². The van der Waals surface area contributed by atoms with Gasteiger partial charge in [-0.1, -0.05) is 24.3 Å². The number of benzene rings is 2. The van der Waals surface area contributed by atoms with Gasteiger partial charge in [-0.2, -0.15) is 0 Å². The van der Waals surface area contributed by atoms with Crippen molar-refractivity contribution in [3.05, 3.63) is 65.9 Å². The molecule has 22 heavy (non-hydrogen) atoms. The Kier molecular flexibility index (Phi) is 4.45. The van der Waals surface area contributed by atoms with E-state index in [4.69, 9.17) is 9.84 Å². The Labute approximate surface area is 130 Å². The van der Waals surface area contributed by atoms with E-state index < -0.39 is 0 Å². The SMILES string of the molecule is Cc1ccccc1CCOc1ccc2ccn(CCO)c2c1. The van der Waals surface area contributed by atoms with Crippen molar-refractivity contribution in [3.63, 3.8) is 0 Å². The smallest absolute Gasteiger partial charge is 0.121 e. The number of rotatable bonds is 6. The minimum atomic E-state index is 0.141. The summed E-state index contributed by atoms with van der Waals surface area (Å²) in [5.74, 6) is 0.874. The van der Waals surface area contributed by atoms with Crippen molar-refractivity contribution in [2.24, 2.45) is 0 Å². The standard InChI is InChI=1S/C19H21NO2/c1-15-4-2-3-5-16(15)9-13-22-18-7-6-17-8-10-20(11-12-21)19(17)14-18/h2-8,10,14,21H,9,11-13H2,1H3. The molecule has 0 radical (unpaired) electrons. The van der Waals surface area contributed by atoms with E-state index in [2.05, 4.69) is 43.3 Å². The fourth-order valence-corrected chi connectivity index (χ4v) is 2.73. The summed E-state index contributed by atoms with van der Waals surface area (Å²) in [5.41, 5.74) is 3.73. The van der Waals surface area contributed by atoms with Gasteiger partial charge in [-0.05, 0) is 41.6 Å². The maximum absolute atomic E-state index is 9.11. The molecule has 0 aliphatic heterocycles. The van der Waals surface area contributed by atoms with Crippen LogP contribution < -0.4 is 4.74 Å². The molecule has 1 aromatic heterocycles. The lowest BCUT2D eigenvalue weighted by Gasteiger charge is -2.09. The Morgan fingerprint density at radius 2 is 1.95 bits per heavy atom. The van der Waals surface area contributed by atoms with Crippen molar-refractivity contribution >= 4 is 10.9 Å². The summed E-state index contributed by atoms with van der Waals surface area (Å²) in [6.07, 6.45) is 2.90. The highest BCUT2D eigenvalue weighted by Crippen LogP contribution is 2.22. The molecule has 3 aromatic rings. The van der Waals surface area contributed by atoms with Crippen molar-refractivity contribution in [1.82, 2.24) is 4.57 Å². The monoisotopic (exact) mass is 295 g/mol. The van der Waals surface area contributed by atoms with Crippen LogP contribution in [0.5, 0.6) is 5.75 Å². The quantitative estimate of drug-likeness (QED) is 0.754. The second kappa shape index (κ2) is 6.67. The lowest BCUT2D eigenvalue weighted by molar-refractivity contribution is 0.278. The van der Waals surface area contributed by atoms with Gasteiger partial charge in [0.25, 0.3) is 0 Å². The van der Waals surface area contributed by atoms with Crippen LogP contribution in [0, 0.1) is 6.92 Å². The van der Waals surface area contributed by atoms with E-state index in [1.165, 1.54) is 16.5 Å². The molecule has 1 N–H and O–H groups in total. The number of aromatic nitrogens is 1. The van der Waals surface area contributed by atoms with E-state index in [1.54, 1.807) is 0 Å². The van der Waals surface area contributed by atoms with Crippen molar-refractivity contribution < 1.29 is 9.84 Å². The number of nitrogens with zero attached hydrogens (tertiary/aromatic N) is 1. The van der Waals surface area contributed by atoms with Crippen LogP contribution in [0.4, 0.5) is 0 Å². The molecule has 0 fully saturated rings. The Hall–Kier alpha value is -2.26. The van der Waals surface area contributed by atoms with Gasteiger partial charge in [-0.25, -0.2) is 0 Å². The molecule has 0 atom stereocenters. The predicted octanol–water partition coefficient (Wildman–Crippen LogP) is 3.56. The first-order valence-electron chi connectivity index (χ1n) is 7.65. The summed E-state index contributed by atoms with van der Waals surface area (Å²) >= 11 is 0. The van der Waals surface area contributed by atoms with Gasteiger partial charge in [0.1, 0.15) is 5.75 Å². The van der Waals surface area contributed by atoms with Crippen LogP contribution in [0.15, 0.2) is 54.7 Å². The average molecular weight is 295 g/mol. The number of ether oxygens (including phenoxy) is 1. The molecule has 0 unspecified atom stereocenters. The molecule has 3 heteroatoms. The third-order valence-electron chi connectivity index (χ3n) is 3.99. The highest BCUT2D eigenvalue weighted by molar-refractivity contribution is 5.81. The Balaban J connectivity index is 1.69. The molecule has 3 nitrogen and oxygen atoms in total. The molecule has 0 bridgehead atoms. The second-order valence-corrected chi connectivity index (χ2v) is 5.48. The lowest BCUT2D eigenvalue weighted by atomic mass is 10.1. The number of aliphatic hydroxyl groups is 1. The van der Waals surface area contributed by atoms with Crippen molar-refractivity contribution in [2.45, 2.75) is 19.9 Å². The first kappa shape index (κ1) is 14.7. The van der Waals surface area contributed by atoms with E-state index in [9.17, 15) is 0 Å². The van der Waals surface area contributed by atoms with Crippen LogP contribution in [0.25, 0.3) is 10.9 Å². The molecule has 1 heterocycles. The third kappa shape index (κ3) is 3.15. The summed E-state index contributed by atoms with van der Waals surface area (Å²) in [5, 5.41) is 10.3. The molecule has 0 spiro atoms. The van der Waals surface area contributed by atoms with E-state index in [-0.39, 0.29) is 6.61 Å². The molecular weight excluding hydrogens is 274 g/mol. The first-order chi connectivity index (χ1) is 10.8. The number of hydrogen-bond acceptors (Lipinski definition) is 2. The van der Waals surface area contributed by atoms with Crippen molar-refractivity contribution in [3.8, 4) is 5.75 Å². The van der Waals surface area contributed by atoms with Gasteiger partial charge >= 0.3 is 0 Å². The van der Waals surface area contributed by atoms with Gasteiger partial charge in [0.2, 0.25) is 0 Å². The molecule has 3 rings (SSSR count). The summed E-state index contributed by atoms with van der Waals surface area (Å²) in [7, 11) is 0. The van der Waals surface area contributed by atoms with E-state index >= 15 is 0 Å². The maximum Gasteiger partial charge on any atom is 0.121 e. The zero-order valence-electron chi connectivity index (χ0n) is 12.8. The third-order valence-corrected chi connectivity index (χ3v) is 3.99. The predicted molar refractivity (Wildman–Crippen MR) is 89.4 cm³/mol. The molecule has 0 amide bonds. The molecule has 2 aromatic carbocycles. The Morgan fingerprint density at radius 3 is 2.77 bits per heavy atom. The Morgan fingerprint density at radius 1 is 1.09 bits per heavy atom. The first-order valence-corrected chi connectivity index (χ1v) is 7.65. The highest BCUT2D eigenvalue weighted by Gasteiger charge is 2.03. The molecule has 0 saturated heterocycles. The summed E-state index contributed by atoms with van der Waals surface area (Å²) < 4.78 is 7.94. The van der Waals surface area contributed by atoms with Gasteiger partial charge in [-0.15, -0.1) is 0 Å². The van der Waals surface area contributed by atoms with E-state index in [1.807, 2.05) is 22.9 Å². The fourth-order valence-electron chi connectivity index (χ4n) is 2.73. The van der Waals surface area contributed by atoms with E-state index in [0.29, 0.717) is 13.2 Å². The number of fused-ring (bicyclic) bond motifs is 1. The number of aryl methyl sites for hydroxylation is 1. The second-order valence-electron chi connectivity index (χ2n) is 5.48. The highest BCUT2D eigenvalue weighted by atomic mass is 16.5. The molecular formula is C19H21NO2. The number of aliphatic hydroxyl groups excluding tert-OH is 1. The van der Waals surface area contributed by atoms with Gasteiger partial charge in [-0.3, -0.25) is 0 Å². The van der Waals surface area contributed by atoms with Gasteiger partial charge < -0.3 is 14.4 Å². The zero-order chi connectivity index (χ0) is 15.4. The largest absolute Gasteiger partial charge is 0.493 e. The fraction of sp³-hybridized carbons (Fsp3) is 0.263. The topological polar surface area (TPSA) is 34.4 Å². The minimum Gasteiger partial charge on any atom is -0.493 e. The van der Waals surface area contributed by atoms with Gasteiger partial charge in [0.05, 0.1) is 18.7 Å². The van der Waals surface area contributed by atoms with Crippen molar-refractivity contribution in [1.29, 1.82) is 0 Å². The van der Waals surface area contributed by atoms with Gasteiger partial charge in [0, 0.05) is 25.2 Å². The molecule has 0 aliphatic rings. The summed E-state index contributed by atoms with van der Waals surface area (Å²) in [6.45, 7) is 3.54. The summed E-state index contributed by atoms with van der Waals surface area (Å²) in [6, 6.07) is 16.6. The number of hydrogen-bond donors (Lipinski definition) is 1.